The topological polar surface area (TPSA) is 149 Å². The van der Waals surface area contributed by atoms with Crippen molar-refractivity contribution in [2.24, 2.45) is 0 Å². The summed E-state index contributed by atoms with van der Waals surface area (Å²) in [5.74, 6) is -4.10. The molecule has 20 heavy (non-hydrogen) atoms. The highest BCUT2D eigenvalue weighted by molar-refractivity contribution is 6.12. The highest BCUT2D eigenvalue weighted by Crippen LogP contribution is 2.37. The van der Waals surface area contributed by atoms with Crippen LogP contribution in [0.1, 0.15) is 27.7 Å². The fourth-order valence-corrected chi connectivity index (χ4v) is 2.10. The highest BCUT2D eigenvalue weighted by Gasteiger charge is 2.71. The number of aliphatic hydroxyl groups is 4. The molecule has 8 heteroatoms. The van der Waals surface area contributed by atoms with Crippen LogP contribution in [0.25, 0.3) is 0 Å². The number of carbonyl (C=O) groups excluding carboxylic acids is 4. The maximum atomic E-state index is 11.7. The molecule has 0 saturated carbocycles. The second-order valence-corrected chi connectivity index (χ2v) is 4.71. The Morgan fingerprint density at radius 2 is 1.35 bits per heavy atom. The monoisotopic (exact) mass is 290 g/mol. The molecule has 0 bridgehead atoms. The minimum atomic E-state index is -3.52. The van der Waals surface area contributed by atoms with Gasteiger partial charge in [0.25, 0.3) is 0 Å². The summed E-state index contributed by atoms with van der Waals surface area (Å²) >= 11 is 0. The summed E-state index contributed by atoms with van der Waals surface area (Å²) in [7, 11) is 0. The van der Waals surface area contributed by atoms with Crippen molar-refractivity contribution in [1.82, 2.24) is 0 Å². The molecule has 0 unspecified atom stereocenters. The Morgan fingerprint density at radius 3 is 1.50 bits per heavy atom. The van der Waals surface area contributed by atoms with Gasteiger partial charge in [-0.25, -0.2) is 0 Å². The molecule has 0 amide bonds. The third kappa shape index (κ3) is 2.10. The lowest BCUT2D eigenvalue weighted by atomic mass is 9.64. The summed E-state index contributed by atoms with van der Waals surface area (Å²) in [4.78, 5) is 45.7. The zero-order chi connectivity index (χ0) is 16.5. The van der Waals surface area contributed by atoms with E-state index in [2.05, 4.69) is 0 Å². The van der Waals surface area contributed by atoms with Gasteiger partial charge in [0.05, 0.1) is 6.10 Å². The molecule has 4 N–H and O–H groups in total. The van der Waals surface area contributed by atoms with Gasteiger partial charge in [0.15, 0.2) is 29.2 Å². The van der Waals surface area contributed by atoms with Crippen molar-refractivity contribution in [3.05, 3.63) is 0 Å². The van der Waals surface area contributed by atoms with Crippen LogP contribution in [-0.4, -0.2) is 67.0 Å². The maximum Gasteiger partial charge on any atom is 0.217 e. The summed E-state index contributed by atoms with van der Waals surface area (Å²) in [6.45, 7) is 2.94. The second-order valence-electron chi connectivity index (χ2n) is 4.71. The van der Waals surface area contributed by atoms with E-state index in [1.165, 1.54) is 0 Å². The van der Waals surface area contributed by atoms with Gasteiger partial charge in [0.1, 0.15) is 0 Å². The van der Waals surface area contributed by atoms with Gasteiger partial charge in [-0.2, -0.15) is 0 Å². The smallest absolute Gasteiger partial charge is 0.217 e. The fraction of sp³-hybridized carbons (Fsp3) is 0.667. The molecule has 0 aliphatic heterocycles. The van der Waals surface area contributed by atoms with Gasteiger partial charge in [-0.1, -0.05) is 0 Å². The van der Waals surface area contributed by atoms with Crippen LogP contribution in [0.5, 0.6) is 0 Å². The largest absolute Gasteiger partial charge is 0.390 e. The summed E-state index contributed by atoms with van der Waals surface area (Å²) in [5.41, 5.74) is -10.1. The predicted octanol–water partition coefficient (Wildman–Crippen LogP) is -2.47. The third-order valence-corrected chi connectivity index (χ3v) is 3.46. The average Bonchev–Trinajstić information content (AvgIpc) is 2.34. The minimum Gasteiger partial charge on any atom is -0.390 e. The Morgan fingerprint density at radius 1 is 0.950 bits per heavy atom. The zero-order valence-electron chi connectivity index (χ0n) is 11.6. The SMILES string of the molecule is CC(=O)[C@](O)([C@@](O)(C=O)C(C)=O)[C@@](O)(C(C)=O)[C@H](C)O. The molecule has 0 spiro atoms. The quantitative estimate of drug-likeness (QED) is 0.297. The molecule has 0 rings (SSSR count). The van der Waals surface area contributed by atoms with E-state index in [-0.39, 0.29) is 0 Å². The van der Waals surface area contributed by atoms with Crippen LogP contribution >= 0.6 is 0 Å². The fourth-order valence-electron chi connectivity index (χ4n) is 2.10. The Bertz CT molecular complexity index is 456. The lowest BCUT2D eigenvalue weighted by molar-refractivity contribution is -0.239. The normalized spacial score (nSPS) is 21.8. The van der Waals surface area contributed by atoms with Crippen LogP contribution in [0, 0.1) is 0 Å². The summed E-state index contributed by atoms with van der Waals surface area (Å²) in [6, 6.07) is 0. The van der Waals surface area contributed by atoms with E-state index >= 15 is 0 Å². The number of ketones is 3. The summed E-state index contributed by atoms with van der Waals surface area (Å²) in [6.07, 6.45) is -2.49. The number of hydrogen-bond donors (Lipinski definition) is 4. The van der Waals surface area contributed by atoms with Gasteiger partial charge in [-0.05, 0) is 27.7 Å². The van der Waals surface area contributed by atoms with E-state index in [1.807, 2.05) is 0 Å². The van der Waals surface area contributed by atoms with E-state index in [1.54, 1.807) is 0 Å². The van der Waals surface area contributed by atoms with Crippen molar-refractivity contribution in [3.63, 3.8) is 0 Å². The second kappa shape index (κ2) is 5.49. The van der Waals surface area contributed by atoms with E-state index in [4.69, 9.17) is 0 Å². The Hall–Kier alpha value is -1.48. The molecule has 0 aliphatic carbocycles. The van der Waals surface area contributed by atoms with E-state index in [0.717, 1.165) is 13.8 Å². The van der Waals surface area contributed by atoms with Crippen molar-refractivity contribution in [3.8, 4) is 0 Å². The van der Waals surface area contributed by atoms with E-state index in [9.17, 15) is 39.6 Å². The minimum absolute atomic E-state index is 0.451. The lowest BCUT2D eigenvalue weighted by Gasteiger charge is -2.47. The molecule has 0 heterocycles. The van der Waals surface area contributed by atoms with Crippen LogP contribution in [-0.2, 0) is 19.2 Å². The third-order valence-electron chi connectivity index (χ3n) is 3.46. The van der Waals surface area contributed by atoms with Crippen molar-refractivity contribution in [1.29, 1.82) is 0 Å². The molecule has 0 saturated heterocycles. The first-order chi connectivity index (χ1) is 8.83. The van der Waals surface area contributed by atoms with Crippen molar-refractivity contribution < 1.29 is 39.6 Å². The first kappa shape index (κ1) is 18.5. The van der Waals surface area contributed by atoms with Crippen molar-refractivity contribution >= 4 is 23.6 Å². The van der Waals surface area contributed by atoms with Crippen molar-refractivity contribution in [2.45, 2.75) is 50.6 Å². The van der Waals surface area contributed by atoms with Crippen molar-refractivity contribution in [2.75, 3.05) is 0 Å². The molecule has 0 aromatic rings. The van der Waals surface area contributed by atoms with Crippen LogP contribution in [0.4, 0.5) is 0 Å². The molecular weight excluding hydrogens is 272 g/mol. The first-order valence-corrected chi connectivity index (χ1v) is 5.68. The summed E-state index contributed by atoms with van der Waals surface area (Å²) < 4.78 is 0. The summed E-state index contributed by atoms with van der Waals surface area (Å²) in [5, 5.41) is 40.1. The average molecular weight is 290 g/mol. The molecule has 114 valence electrons. The first-order valence-electron chi connectivity index (χ1n) is 5.68. The molecule has 0 aromatic heterocycles. The Balaban J connectivity index is 6.66. The highest BCUT2D eigenvalue weighted by atomic mass is 16.4. The maximum absolute atomic E-state index is 11.7. The molecule has 0 radical (unpaired) electrons. The van der Waals surface area contributed by atoms with E-state index < -0.39 is 46.5 Å². The van der Waals surface area contributed by atoms with Crippen LogP contribution < -0.4 is 0 Å². The Kier molecular flexibility index (Phi) is 5.08. The van der Waals surface area contributed by atoms with E-state index in [0.29, 0.717) is 13.8 Å². The predicted molar refractivity (Wildman–Crippen MR) is 64.6 cm³/mol. The van der Waals surface area contributed by atoms with Gasteiger partial charge < -0.3 is 20.4 Å². The zero-order valence-corrected chi connectivity index (χ0v) is 11.6. The van der Waals surface area contributed by atoms with Gasteiger partial charge in [0.2, 0.25) is 11.2 Å². The number of hydrogen-bond acceptors (Lipinski definition) is 8. The molecule has 0 aromatic carbocycles. The molecular formula is C12H18O8. The molecule has 0 aliphatic rings. The molecule has 8 nitrogen and oxygen atoms in total. The van der Waals surface area contributed by atoms with Gasteiger partial charge >= 0.3 is 0 Å². The molecule has 0 fully saturated rings. The van der Waals surface area contributed by atoms with Gasteiger partial charge in [-0.15, -0.1) is 0 Å². The molecule has 4 atom stereocenters. The number of carbonyl (C=O) groups is 4. The number of Topliss-reactive ketones (excluding diaryl/α,β-unsaturated/α-hetero) is 3. The van der Waals surface area contributed by atoms with Crippen LogP contribution in [0.3, 0.4) is 0 Å². The van der Waals surface area contributed by atoms with Gasteiger partial charge in [-0.3, -0.25) is 19.2 Å². The number of aliphatic hydroxyl groups excluding tert-OH is 1. The van der Waals surface area contributed by atoms with Crippen LogP contribution in [0.2, 0.25) is 0 Å². The Labute approximate surface area is 115 Å². The lowest BCUT2D eigenvalue weighted by Crippen LogP contribution is -2.79. The number of aldehydes is 1. The standard InChI is InChI=1S/C12H18O8/c1-6(14)10(18,5-13)12(20,9(4)17)11(19,7(2)15)8(3)16/h5,7,15,18-20H,1-4H3/t7-,10+,11-,12-/m0/s1. The number of rotatable bonds is 7. The van der Waals surface area contributed by atoms with Gasteiger partial charge in [0, 0.05) is 0 Å². The van der Waals surface area contributed by atoms with Crippen LogP contribution in [0.15, 0.2) is 0 Å².